The van der Waals surface area contributed by atoms with Crippen molar-refractivity contribution in [2.75, 3.05) is 33.0 Å². The van der Waals surface area contributed by atoms with Crippen LogP contribution in [0, 0.1) is 6.92 Å². The number of morpholine rings is 1. The van der Waals surface area contributed by atoms with E-state index in [2.05, 4.69) is 96.1 Å². The minimum Gasteiger partial charge on any atom is -0.486 e. The van der Waals surface area contributed by atoms with Crippen LogP contribution in [0.4, 0.5) is 0 Å². The Morgan fingerprint density at radius 2 is 1.60 bits per heavy atom. The third-order valence-corrected chi connectivity index (χ3v) is 8.15. The number of rotatable bonds is 5. The molecule has 0 bridgehead atoms. The lowest BCUT2D eigenvalue weighted by atomic mass is 9.93. The summed E-state index contributed by atoms with van der Waals surface area (Å²) in [5.74, 6) is 1.62. The van der Waals surface area contributed by atoms with Gasteiger partial charge in [0.05, 0.1) is 25.1 Å². The van der Waals surface area contributed by atoms with Crippen LogP contribution < -0.4 is 9.47 Å². The molecule has 0 amide bonds. The van der Waals surface area contributed by atoms with Crippen LogP contribution in [0.3, 0.4) is 0 Å². The molecular weight excluding hydrogens is 542 g/mol. The second-order valence-corrected chi connectivity index (χ2v) is 10.8. The van der Waals surface area contributed by atoms with Gasteiger partial charge in [-0.1, -0.05) is 48.5 Å². The topological polar surface area (TPSA) is 85.5 Å². The fourth-order valence-electron chi connectivity index (χ4n) is 5.85. The van der Waals surface area contributed by atoms with Crippen LogP contribution in [0.5, 0.6) is 11.5 Å². The van der Waals surface area contributed by atoms with E-state index in [0.717, 1.165) is 65.8 Å². The Kier molecular flexibility index (Phi) is 8.40. The Labute approximate surface area is 251 Å². The van der Waals surface area contributed by atoms with Crippen LogP contribution in [-0.4, -0.2) is 64.9 Å². The summed E-state index contributed by atoms with van der Waals surface area (Å²) in [6, 6.07) is 26.4. The first-order chi connectivity index (χ1) is 21.1. The zero-order valence-corrected chi connectivity index (χ0v) is 24.4. The average Bonchev–Trinajstić information content (AvgIpc) is 3.46. The maximum atomic E-state index is 8.36. The zero-order valence-electron chi connectivity index (χ0n) is 24.4. The Morgan fingerprint density at radius 3 is 2.35 bits per heavy atom. The molecule has 1 N–H and O–H groups in total. The van der Waals surface area contributed by atoms with Crippen molar-refractivity contribution < 1.29 is 24.1 Å². The Bertz CT molecular complexity index is 1730. The number of nitrogens with zero attached hydrogens (tertiary/aromatic N) is 3. The lowest BCUT2D eigenvalue weighted by Crippen LogP contribution is -2.42. The molecule has 8 heteroatoms. The van der Waals surface area contributed by atoms with E-state index in [1.165, 1.54) is 22.3 Å². The van der Waals surface area contributed by atoms with E-state index >= 15 is 0 Å². The number of carbonyl (C=O) groups is 1. The quantitative estimate of drug-likeness (QED) is 0.244. The molecule has 2 aliphatic heterocycles. The molecule has 0 radical (unpaired) electrons. The number of hydrogen-bond acceptors (Lipinski definition) is 6. The summed E-state index contributed by atoms with van der Waals surface area (Å²) >= 11 is 0. The van der Waals surface area contributed by atoms with Gasteiger partial charge in [0.25, 0.3) is 6.47 Å². The van der Waals surface area contributed by atoms with Crippen LogP contribution in [-0.2, 0) is 16.1 Å². The summed E-state index contributed by atoms with van der Waals surface area (Å²) < 4.78 is 19.3. The molecule has 1 unspecified atom stereocenters. The summed E-state index contributed by atoms with van der Waals surface area (Å²) in [5, 5.41) is 6.89. The van der Waals surface area contributed by atoms with Crippen LogP contribution in [0.2, 0.25) is 0 Å². The van der Waals surface area contributed by atoms with Gasteiger partial charge in [-0.2, -0.15) is 0 Å². The molecule has 5 aromatic rings. The molecule has 8 nitrogen and oxygen atoms in total. The third kappa shape index (κ3) is 5.98. The predicted octanol–water partition coefficient (Wildman–Crippen LogP) is 6.34. The number of aromatic nitrogens is 2. The highest BCUT2D eigenvalue weighted by Gasteiger charge is 2.19. The number of benzene rings is 3. The monoisotopic (exact) mass is 577 g/mol. The molecule has 0 aliphatic carbocycles. The number of imidazole rings is 1. The molecular formula is C35H35N3O5. The maximum Gasteiger partial charge on any atom is 0.290 e. The molecule has 2 aromatic heterocycles. The minimum atomic E-state index is -0.250. The van der Waals surface area contributed by atoms with E-state index in [9.17, 15) is 0 Å². The Balaban J connectivity index is 0.00000105. The fourth-order valence-corrected chi connectivity index (χ4v) is 5.85. The normalized spacial score (nSPS) is 16.4. The van der Waals surface area contributed by atoms with Gasteiger partial charge in [-0.25, -0.2) is 4.98 Å². The van der Waals surface area contributed by atoms with E-state index in [1.807, 2.05) is 12.3 Å². The van der Waals surface area contributed by atoms with Crippen molar-refractivity contribution in [1.29, 1.82) is 0 Å². The number of carboxylic acid groups (broad SMARTS) is 1. The largest absolute Gasteiger partial charge is 0.486 e. The van der Waals surface area contributed by atoms with Crippen molar-refractivity contribution in [3.05, 3.63) is 96.3 Å². The van der Waals surface area contributed by atoms with E-state index in [4.69, 9.17) is 29.1 Å². The predicted molar refractivity (Wildman–Crippen MR) is 167 cm³/mol. The molecule has 1 saturated heterocycles. The van der Waals surface area contributed by atoms with Gasteiger partial charge in [-0.05, 0) is 71.5 Å². The SMILES string of the molecule is Cc1c(-c2ccc3c(c2)OCCO3)cccc1-c1ccn2c(-c3ccc(CN4CCOCC4C)cc3)cnc2c1.O=CO. The average molecular weight is 578 g/mol. The molecule has 43 heavy (non-hydrogen) atoms. The van der Waals surface area contributed by atoms with Crippen molar-refractivity contribution in [3.8, 4) is 45.0 Å². The molecule has 1 atom stereocenters. The van der Waals surface area contributed by atoms with Gasteiger partial charge in [0.2, 0.25) is 0 Å². The summed E-state index contributed by atoms with van der Waals surface area (Å²) in [4.78, 5) is 15.6. The second kappa shape index (κ2) is 12.7. The second-order valence-electron chi connectivity index (χ2n) is 10.8. The van der Waals surface area contributed by atoms with Crippen LogP contribution >= 0.6 is 0 Å². The molecule has 0 spiro atoms. The fraction of sp³-hybridized carbons (Fsp3) is 0.257. The van der Waals surface area contributed by atoms with Crippen molar-refractivity contribution >= 4 is 12.1 Å². The number of ether oxygens (including phenoxy) is 3. The Hall–Kier alpha value is -4.66. The summed E-state index contributed by atoms with van der Waals surface area (Å²) in [5.41, 5.74) is 10.4. The van der Waals surface area contributed by atoms with Crippen LogP contribution in [0.25, 0.3) is 39.2 Å². The first-order valence-corrected chi connectivity index (χ1v) is 14.5. The molecule has 0 saturated carbocycles. The number of pyridine rings is 1. The lowest BCUT2D eigenvalue weighted by molar-refractivity contribution is -0.122. The molecule has 2 aliphatic rings. The van der Waals surface area contributed by atoms with E-state index in [0.29, 0.717) is 19.3 Å². The van der Waals surface area contributed by atoms with Crippen molar-refractivity contribution in [3.63, 3.8) is 0 Å². The molecule has 1 fully saturated rings. The maximum absolute atomic E-state index is 8.36. The highest BCUT2D eigenvalue weighted by molar-refractivity contribution is 5.80. The van der Waals surface area contributed by atoms with E-state index in [-0.39, 0.29) is 6.47 Å². The molecule has 3 aromatic carbocycles. The summed E-state index contributed by atoms with van der Waals surface area (Å²) in [6.45, 7) is 8.90. The lowest BCUT2D eigenvalue weighted by Gasteiger charge is -2.33. The summed E-state index contributed by atoms with van der Waals surface area (Å²) in [6.07, 6.45) is 4.10. The van der Waals surface area contributed by atoms with E-state index < -0.39 is 0 Å². The standard InChI is InChI=1S/C34H33N3O3.CH2O2/c1-23-22-38-15-14-36(23)21-25-6-8-26(9-7-25)31-20-35-34-19-28(12-13-37(31)34)30-5-3-4-29(24(30)2)27-10-11-32-33(18-27)40-17-16-39-32;2-1-3/h3-13,18-20,23H,14-17,21-22H2,1-2H3;1H,(H,2,3). The van der Waals surface area contributed by atoms with Crippen molar-refractivity contribution in [2.45, 2.75) is 26.4 Å². The van der Waals surface area contributed by atoms with Gasteiger partial charge >= 0.3 is 0 Å². The first-order valence-electron chi connectivity index (χ1n) is 14.5. The number of fused-ring (bicyclic) bond motifs is 2. The summed E-state index contributed by atoms with van der Waals surface area (Å²) in [7, 11) is 0. The molecule has 4 heterocycles. The smallest absolute Gasteiger partial charge is 0.290 e. The Morgan fingerprint density at radius 1 is 0.907 bits per heavy atom. The highest BCUT2D eigenvalue weighted by Crippen LogP contribution is 2.38. The minimum absolute atomic E-state index is 0.250. The van der Waals surface area contributed by atoms with Crippen LogP contribution in [0.15, 0.2) is 85.2 Å². The van der Waals surface area contributed by atoms with Gasteiger partial charge in [-0.15, -0.1) is 0 Å². The van der Waals surface area contributed by atoms with Gasteiger partial charge < -0.3 is 19.3 Å². The van der Waals surface area contributed by atoms with Crippen molar-refractivity contribution in [1.82, 2.24) is 14.3 Å². The van der Waals surface area contributed by atoms with E-state index in [1.54, 1.807) is 0 Å². The first kappa shape index (κ1) is 28.5. The third-order valence-electron chi connectivity index (χ3n) is 8.15. The van der Waals surface area contributed by atoms with Crippen molar-refractivity contribution in [2.24, 2.45) is 0 Å². The van der Waals surface area contributed by atoms with Gasteiger partial charge in [0.15, 0.2) is 11.5 Å². The number of hydrogen-bond donors (Lipinski definition) is 1. The van der Waals surface area contributed by atoms with Gasteiger partial charge in [0, 0.05) is 30.9 Å². The molecule has 7 rings (SSSR count). The van der Waals surface area contributed by atoms with Gasteiger partial charge in [0.1, 0.15) is 18.9 Å². The van der Waals surface area contributed by atoms with Crippen LogP contribution in [0.1, 0.15) is 18.1 Å². The van der Waals surface area contributed by atoms with Gasteiger partial charge in [-0.3, -0.25) is 14.1 Å². The zero-order chi connectivity index (χ0) is 29.8. The molecule has 220 valence electrons. The highest BCUT2D eigenvalue weighted by atomic mass is 16.6.